The zero-order valence-corrected chi connectivity index (χ0v) is 7.15. The van der Waals surface area contributed by atoms with Crippen molar-refractivity contribution in [2.45, 2.75) is 5.54 Å². The fourth-order valence-corrected chi connectivity index (χ4v) is 1.10. The molecule has 0 aromatic rings. The van der Waals surface area contributed by atoms with E-state index in [2.05, 4.69) is 17.5 Å². The van der Waals surface area contributed by atoms with Crippen molar-refractivity contribution in [1.29, 1.82) is 0 Å². The summed E-state index contributed by atoms with van der Waals surface area (Å²) < 4.78 is 4.59. The molecule has 0 radical (unpaired) electrons. The van der Waals surface area contributed by atoms with Gasteiger partial charge in [0.05, 0.1) is 0 Å². The summed E-state index contributed by atoms with van der Waals surface area (Å²) in [6.07, 6.45) is 3.36. The van der Waals surface area contributed by atoms with Crippen molar-refractivity contribution < 1.29 is 14.4 Å². The van der Waals surface area contributed by atoms with Crippen LogP contribution in [0.2, 0.25) is 5.54 Å². The van der Waals surface area contributed by atoms with Crippen LogP contribution in [0.3, 0.4) is 0 Å². The van der Waals surface area contributed by atoms with E-state index in [1.54, 1.807) is 12.2 Å². The maximum Gasteiger partial charge on any atom is 0.622 e. The molecule has 0 aliphatic heterocycles. The first-order chi connectivity index (χ1) is 4.70. The third kappa shape index (κ3) is 4.51. The van der Waals surface area contributed by atoms with Crippen LogP contribution in [0.5, 0.6) is 0 Å². The van der Waals surface area contributed by atoms with E-state index in [4.69, 9.17) is 10.0 Å². The molecule has 0 aromatic carbocycles. The zero-order valence-electron chi connectivity index (χ0n) is 5.73. The lowest BCUT2D eigenvalue weighted by Gasteiger charge is -2.05. The molecule has 0 saturated carbocycles. The summed E-state index contributed by atoms with van der Waals surface area (Å²) in [4.78, 5) is 0. The first-order valence-electron chi connectivity index (χ1n) is 2.93. The Morgan fingerprint density at radius 3 is 2.20 bits per heavy atom. The summed E-state index contributed by atoms with van der Waals surface area (Å²) in [6, 6.07) is 0. The van der Waals surface area contributed by atoms with Crippen LogP contribution in [0.15, 0.2) is 25.3 Å². The number of hydrogen-bond donors (Lipinski definition) is 2. The van der Waals surface area contributed by atoms with Gasteiger partial charge in [0, 0.05) is 5.54 Å². The first-order valence-corrected chi connectivity index (χ1v) is 4.33. The average Bonchev–Trinajstić information content (AvgIpc) is 1.90. The van der Waals surface area contributed by atoms with E-state index >= 15 is 0 Å². The van der Waals surface area contributed by atoms with Crippen molar-refractivity contribution in [1.82, 2.24) is 0 Å². The van der Waals surface area contributed by atoms with Crippen LogP contribution in [-0.2, 0) is 4.34 Å². The summed E-state index contributed by atoms with van der Waals surface area (Å²) in [5, 5.41) is 16.6. The molecule has 10 heavy (non-hydrogen) atoms. The molecule has 0 aliphatic carbocycles. The second-order valence-electron chi connectivity index (χ2n) is 1.79. The lowest BCUT2D eigenvalue weighted by Crippen LogP contribution is -2.21. The molecular formula is C5H11BO3Si. The van der Waals surface area contributed by atoms with Gasteiger partial charge in [-0.05, 0) is 0 Å². The van der Waals surface area contributed by atoms with E-state index in [1.807, 2.05) is 0 Å². The van der Waals surface area contributed by atoms with Crippen molar-refractivity contribution in [2.24, 2.45) is 0 Å². The highest BCUT2D eigenvalue weighted by molar-refractivity contribution is 6.47. The molecule has 0 spiro atoms. The summed E-state index contributed by atoms with van der Waals surface area (Å²) in [7, 11) is -2.60. The summed E-state index contributed by atoms with van der Waals surface area (Å²) in [5.74, 6) is 0. The molecular weight excluding hydrogens is 147 g/mol. The van der Waals surface area contributed by atoms with Gasteiger partial charge in [0.15, 0.2) is 9.76 Å². The van der Waals surface area contributed by atoms with Gasteiger partial charge in [-0.3, -0.25) is 0 Å². The quantitative estimate of drug-likeness (QED) is 0.407. The predicted molar refractivity (Wildman–Crippen MR) is 44.0 cm³/mol. The molecule has 0 fully saturated rings. The predicted octanol–water partition coefficient (Wildman–Crippen LogP) is -0.783. The Kier molecular flexibility index (Phi) is 5.23. The fourth-order valence-electron chi connectivity index (χ4n) is 0.429. The standard InChI is InChI=1S/C5H11BO3Si/c1-3-5(4-2)10-9-6(7)8/h3-5,7-8H,1-2,10H2. The van der Waals surface area contributed by atoms with Crippen molar-refractivity contribution >= 4 is 17.1 Å². The van der Waals surface area contributed by atoms with Crippen LogP contribution < -0.4 is 0 Å². The Bertz CT molecular complexity index is 109. The summed E-state index contributed by atoms with van der Waals surface area (Å²) >= 11 is 0. The Balaban J connectivity index is 3.44. The highest BCUT2D eigenvalue weighted by Gasteiger charge is 2.09. The van der Waals surface area contributed by atoms with Crippen LogP contribution in [-0.4, -0.2) is 27.1 Å². The molecule has 0 rings (SSSR count). The van der Waals surface area contributed by atoms with Gasteiger partial charge in [-0.2, -0.15) is 0 Å². The Morgan fingerprint density at radius 2 is 1.90 bits per heavy atom. The lowest BCUT2D eigenvalue weighted by molar-refractivity contribution is 0.294. The van der Waals surface area contributed by atoms with Gasteiger partial charge in [0.1, 0.15) is 0 Å². The largest absolute Gasteiger partial charge is 0.622 e. The zero-order chi connectivity index (χ0) is 7.98. The summed E-state index contributed by atoms with van der Waals surface area (Å²) in [6.45, 7) is 7.06. The molecule has 0 aromatic heterocycles. The van der Waals surface area contributed by atoms with Crippen LogP contribution in [0.4, 0.5) is 0 Å². The van der Waals surface area contributed by atoms with Crippen molar-refractivity contribution in [3.8, 4) is 0 Å². The molecule has 0 amide bonds. The number of hydrogen-bond acceptors (Lipinski definition) is 3. The second-order valence-corrected chi connectivity index (χ2v) is 3.40. The van der Waals surface area contributed by atoms with Gasteiger partial charge >= 0.3 is 7.32 Å². The third-order valence-electron chi connectivity index (χ3n) is 1.04. The molecule has 3 nitrogen and oxygen atoms in total. The first kappa shape index (κ1) is 9.64. The lowest BCUT2D eigenvalue weighted by atomic mass is 10.3. The maximum absolute atomic E-state index is 8.29. The maximum atomic E-state index is 8.29. The summed E-state index contributed by atoms with van der Waals surface area (Å²) in [5.41, 5.74) is 0.113. The van der Waals surface area contributed by atoms with Gasteiger partial charge in [0.2, 0.25) is 0 Å². The monoisotopic (exact) mass is 158 g/mol. The topological polar surface area (TPSA) is 49.7 Å². The van der Waals surface area contributed by atoms with Crippen LogP contribution >= 0.6 is 0 Å². The van der Waals surface area contributed by atoms with E-state index in [-0.39, 0.29) is 5.54 Å². The molecule has 2 N–H and O–H groups in total. The number of allylic oxidation sites excluding steroid dienone is 2. The van der Waals surface area contributed by atoms with Gasteiger partial charge in [-0.1, -0.05) is 12.2 Å². The van der Waals surface area contributed by atoms with Crippen molar-refractivity contribution in [2.75, 3.05) is 0 Å². The third-order valence-corrected chi connectivity index (χ3v) is 2.59. The van der Waals surface area contributed by atoms with Gasteiger partial charge in [-0.25, -0.2) is 0 Å². The van der Waals surface area contributed by atoms with Gasteiger partial charge in [0.25, 0.3) is 0 Å². The minimum atomic E-state index is -1.64. The normalized spacial score (nSPS) is 10.7. The van der Waals surface area contributed by atoms with Gasteiger partial charge in [-0.15, -0.1) is 13.2 Å². The van der Waals surface area contributed by atoms with Gasteiger partial charge < -0.3 is 14.4 Å². The highest BCUT2D eigenvalue weighted by Crippen LogP contribution is 2.04. The van der Waals surface area contributed by atoms with E-state index in [0.717, 1.165) is 0 Å². The second kappa shape index (κ2) is 5.43. The molecule has 0 atom stereocenters. The van der Waals surface area contributed by atoms with E-state index in [0.29, 0.717) is 0 Å². The average molecular weight is 158 g/mol. The Morgan fingerprint density at radius 1 is 1.40 bits per heavy atom. The smallest absolute Gasteiger partial charge is 0.433 e. The van der Waals surface area contributed by atoms with E-state index in [1.165, 1.54) is 0 Å². The highest BCUT2D eigenvalue weighted by atomic mass is 28.2. The minimum Gasteiger partial charge on any atom is -0.433 e. The Labute approximate surface area is 63.1 Å². The SMILES string of the molecule is C=CC(C=C)[SiH2]OB(O)O. The van der Waals surface area contributed by atoms with E-state index in [9.17, 15) is 0 Å². The number of rotatable bonds is 5. The fraction of sp³-hybridized carbons (Fsp3) is 0.200. The Hall–Kier alpha value is -0.358. The van der Waals surface area contributed by atoms with Crippen molar-refractivity contribution in [3.05, 3.63) is 25.3 Å². The van der Waals surface area contributed by atoms with Crippen LogP contribution in [0.25, 0.3) is 0 Å². The molecule has 5 heteroatoms. The molecule has 0 heterocycles. The van der Waals surface area contributed by atoms with Crippen LogP contribution in [0, 0.1) is 0 Å². The van der Waals surface area contributed by atoms with Crippen molar-refractivity contribution in [3.63, 3.8) is 0 Å². The van der Waals surface area contributed by atoms with E-state index < -0.39 is 17.1 Å². The van der Waals surface area contributed by atoms with Crippen LogP contribution in [0.1, 0.15) is 0 Å². The molecule has 0 saturated heterocycles. The molecule has 0 aliphatic rings. The molecule has 0 bridgehead atoms. The molecule has 0 unspecified atom stereocenters. The molecule has 56 valence electrons. The minimum absolute atomic E-state index is 0.113.